The molecule has 0 saturated heterocycles. The fraction of sp³-hybridized carbons (Fsp3) is 0.718. The number of unbranched alkanes of at least 4 members (excludes halogenated alkanes) is 17. The number of nitrogens with one attached hydrogen (secondary N) is 4. The van der Waals surface area contributed by atoms with E-state index in [-0.39, 0.29) is 25.5 Å². The molecule has 0 unspecified atom stereocenters. The Morgan fingerprint density at radius 2 is 1.06 bits per heavy atom. The Labute approximate surface area is 296 Å². The zero-order valence-electron chi connectivity index (χ0n) is 30.6. The first-order valence-corrected chi connectivity index (χ1v) is 19.2. The Kier molecular flexibility index (Phi) is 27.2. The van der Waals surface area contributed by atoms with Gasteiger partial charge in [-0.2, -0.15) is 0 Å². The summed E-state index contributed by atoms with van der Waals surface area (Å²) in [5.41, 5.74) is 0.810. The summed E-state index contributed by atoms with van der Waals surface area (Å²) in [4.78, 5) is 62.6. The Balaban J connectivity index is 2.40. The minimum Gasteiger partial charge on any atom is -0.461 e. The molecule has 49 heavy (non-hydrogen) atoms. The maximum absolute atomic E-state index is 13.0. The lowest BCUT2D eigenvalue weighted by atomic mass is 10.1. The van der Waals surface area contributed by atoms with E-state index in [9.17, 15) is 24.0 Å². The Morgan fingerprint density at radius 3 is 1.63 bits per heavy atom. The van der Waals surface area contributed by atoms with Crippen LogP contribution in [0, 0.1) is 0 Å². The molecule has 0 radical (unpaired) electrons. The second-order valence-corrected chi connectivity index (χ2v) is 13.1. The maximum atomic E-state index is 13.0. The van der Waals surface area contributed by atoms with Crippen molar-refractivity contribution in [2.75, 3.05) is 19.6 Å². The normalized spacial score (nSPS) is 11.4. The molecule has 1 atom stereocenters. The van der Waals surface area contributed by atoms with E-state index in [0.29, 0.717) is 13.0 Å². The van der Waals surface area contributed by atoms with E-state index < -0.39 is 36.3 Å². The van der Waals surface area contributed by atoms with Crippen LogP contribution in [-0.2, 0) is 35.3 Å². The van der Waals surface area contributed by atoms with Crippen molar-refractivity contribution in [3.05, 3.63) is 35.9 Å². The summed E-state index contributed by atoms with van der Waals surface area (Å²) in [6.45, 7) is 4.28. The van der Waals surface area contributed by atoms with Gasteiger partial charge in [0.2, 0.25) is 23.6 Å². The number of hydrogen-bond donors (Lipinski definition) is 4. The molecule has 0 bridgehead atoms. The smallest absolute Gasteiger partial charge is 0.308 e. The quantitative estimate of drug-likeness (QED) is 0.0500. The predicted octanol–water partition coefficient (Wildman–Crippen LogP) is 6.80. The van der Waals surface area contributed by atoms with Crippen molar-refractivity contribution in [2.45, 2.75) is 161 Å². The van der Waals surface area contributed by atoms with Crippen LogP contribution in [0.15, 0.2) is 30.3 Å². The van der Waals surface area contributed by atoms with E-state index in [0.717, 1.165) is 44.1 Å². The zero-order chi connectivity index (χ0) is 35.8. The summed E-state index contributed by atoms with van der Waals surface area (Å²) in [6, 6.07) is 8.05. The van der Waals surface area contributed by atoms with E-state index in [1.54, 1.807) is 0 Å². The van der Waals surface area contributed by atoms with E-state index in [2.05, 4.69) is 35.1 Å². The van der Waals surface area contributed by atoms with Crippen LogP contribution >= 0.6 is 0 Å². The topological polar surface area (TPSA) is 143 Å². The highest BCUT2D eigenvalue weighted by Crippen LogP contribution is 2.12. The van der Waals surface area contributed by atoms with Crippen LogP contribution in [0.4, 0.5) is 0 Å². The number of carbonyl (C=O) groups is 5. The van der Waals surface area contributed by atoms with Crippen LogP contribution in [-0.4, -0.2) is 55.3 Å². The largest absolute Gasteiger partial charge is 0.461 e. The van der Waals surface area contributed by atoms with Gasteiger partial charge in [0.05, 0.1) is 19.5 Å². The zero-order valence-corrected chi connectivity index (χ0v) is 30.6. The Hall–Kier alpha value is -3.43. The molecule has 4 N–H and O–H groups in total. The lowest BCUT2D eigenvalue weighted by Gasteiger charge is -2.18. The molecule has 0 fully saturated rings. The third-order valence-electron chi connectivity index (χ3n) is 8.49. The molecule has 278 valence electrons. The highest BCUT2D eigenvalue weighted by Gasteiger charge is 2.25. The number of hydrogen-bond acceptors (Lipinski definition) is 6. The van der Waals surface area contributed by atoms with E-state index >= 15 is 0 Å². The highest BCUT2D eigenvalue weighted by atomic mass is 16.5. The number of ether oxygens (including phenoxy) is 1. The second-order valence-electron chi connectivity index (χ2n) is 13.1. The van der Waals surface area contributed by atoms with Crippen LogP contribution in [0.25, 0.3) is 0 Å². The van der Waals surface area contributed by atoms with Gasteiger partial charge in [0, 0.05) is 13.0 Å². The lowest BCUT2D eigenvalue weighted by Crippen LogP contribution is -2.51. The minimum atomic E-state index is -1.15. The van der Waals surface area contributed by atoms with Crippen molar-refractivity contribution >= 4 is 29.6 Å². The summed E-state index contributed by atoms with van der Waals surface area (Å²) in [6.07, 6.45) is 22.3. The standard InChI is InChI=1S/C39H66N4O6/c1-3-5-7-9-11-12-13-14-15-17-19-24-28-40-39(48)34(29-38(47)49-32-33-25-21-20-22-26-33)43-37(46)31-42-36(45)30-41-35(44)27-23-18-16-10-8-6-4-2/h20-22,25-26,34H,3-19,23-24,27-32H2,1-2H3,(H,40,48)(H,41,44)(H,42,45)(H,43,46)/t34-/m0/s1. The maximum Gasteiger partial charge on any atom is 0.308 e. The molecular formula is C39H66N4O6. The van der Waals surface area contributed by atoms with E-state index in [1.165, 1.54) is 83.5 Å². The van der Waals surface area contributed by atoms with Crippen LogP contribution in [0.3, 0.4) is 0 Å². The fourth-order valence-corrected chi connectivity index (χ4v) is 5.47. The van der Waals surface area contributed by atoms with Gasteiger partial charge < -0.3 is 26.0 Å². The number of carbonyl (C=O) groups excluding carboxylic acids is 5. The summed E-state index contributed by atoms with van der Waals surface area (Å²) >= 11 is 0. The first-order valence-electron chi connectivity index (χ1n) is 19.2. The molecule has 1 rings (SSSR count). The Morgan fingerprint density at radius 1 is 0.571 bits per heavy atom. The van der Waals surface area contributed by atoms with Gasteiger partial charge in [0.1, 0.15) is 12.6 Å². The van der Waals surface area contributed by atoms with Gasteiger partial charge in [-0.25, -0.2) is 0 Å². The number of benzene rings is 1. The summed E-state index contributed by atoms with van der Waals surface area (Å²) < 4.78 is 5.34. The monoisotopic (exact) mass is 686 g/mol. The third kappa shape index (κ3) is 26.2. The Bertz CT molecular complexity index is 1040. The van der Waals surface area contributed by atoms with Crippen molar-refractivity contribution in [3.8, 4) is 0 Å². The molecule has 0 aliphatic carbocycles. The van der Waals surface area contributed by atoms with E-state index in [4.69, 9.17) is 4.74 Å². The molecular weight excluding hydrogens is 620 g/mol. The second kappa shape index (κ2) is 30.6. The van der Waals surface area contributed by atoms with Crippen LogP contribution < -0.4 is 21.3 Å². The summed E-state index contributed by atoms with van der Waals surface area (Å²) in [5, 5.41) is 10.4. The molecule has 0 saturated carbocycles. The van der Waals surface area contributed by atoms with Crippen molar-refractivity contribution in [2.24, 2.45) is 0 Å². The molecule has 1 aromatic carbocycles. The first-order chi connectivity index (χ1) is 23.8. The van der Waals surface area contributed by atoms with Crippen LogP contribution in [0.1, 0.15) is 154 Å². The first kappa shape index (κ1) is 43.6. The highest BCUT2D eigenvalue weighted by molar-refractivity contribution is 5.93. The van der Waals surface area contributed by atoms with Crippen molar-refractivity contribution < 1.29 is 28.7 Å². The molecule has 10 nitrogen and oxygen atoms in total. The number of esters is 1. The lowest BCUT2D eigenvalue weighted by molar-refractivity contribution is -0.147. The molecule has 0 spiro atoms. The van der Waals surface area contributed by atoms with Gasteiger partial charge in [-0.1, -0.05) is 153 Å². The van der Waals surface area contributed by atoms with Crippen LogP contribution in [0.5, 0.6) is 0 Å². The molecule has 0 heterocycles. The van der Waals surface area contributed by atoms with E-state index in [1.807, 2.05) is 30.3 Å². The molecule has 4 amide bonds. The molecule has 0 aliphatic heterocycles. The average molecular weight is 687 g/mol. The summed E-state index contributed by atoms with van der Waals surface area (Å²) in [5.74, 6) is -2.44. The summed E-state index contributed by atoms with van der Waals surface area (Å²) in [7, 11) is 0. The van der Waals surface area contributed by atoms with Crippen molar-refractivity contribution in [1.82, 2.24) is 21.3 Å². The number of rotatable bonds is 31. The SMILES string of the molecule is CCCCCCCCCCCCCCNC(=O)[C@H](CC(=O)OCc1ccccc1)NC(=O)CNC(=O)CNC(=O)CCCCCCCCC. The van der Waals surface area contributed by atoms with Gasteiger partial charge in [0.25, 0.3) is 0 Å². The van der Waals surface area contributed by atoms with Gasteiger partial charge in [-0.05, 0) is 18.4 Å². The molecule has 10 heteroatoms. The predicted molar refractivity (Wildman–Crippen MR) is 196 cm³/mol. The molecule has 0 aliphatic rings. The van der Waals surface area contributed by atoms with Gasteiger partial charge >= 0.3 is 5.97 Å². The van der Waals surface area contributed by atoms with Gasteiger partial charge in [0.15, 0.2) is 0 Å². The van der Waals surface area contributed by atoms with Crippen LogP contribution in [0.2, 0.25) is 0 Å². The third-order valence-corrected chi connectivity index (χ3v) is 8.49. The van der Waals surface area contributed by atoms with Gasteiger partial charge in [-0.3, -0.25) is 24.0 Å². The minimum absolute atomic E-state index is 0.0571. The van der Waals surface area contributed by atoms with Crippen molar-refractivity contribution in [1.29, 1.82) is 0 Å². The van der Waals surface area contributed by atoms with Crippen molar-refractivity contribution in [3.63, 3.8) is 0 Å². The number of amides is 4. The van der Waals surface area contributed by atoms with Gasteiger partial charge in [-0.15, -0.1) is 0 Å². The molecule has 0 aromatic heterocycles. The molecule has 1 aromatic rings. The fourth-order valence-electron chi connectivity index (χ4n) is 5.47. The average Bonchev–Trinajstić information content (AvgIpc) is 3.10.